The summed E-state index contributed by atoms with van der Waals surface area (Å²) in [4.78, 5) is 0. The molecule has 0 unspecified atom stereocenters. The van der Waals surface area contributed by atoms with Crippen LogP contribution in [0.4, 0.5) is 0 Å². The summed E-state index contributed by atoms with van der Waals surface area (Å²) >= 11 is 5.30. The molecule has 0 aliphatic carbocycles. The van der Waals surface area contributed by atoms with Gasteiger partial charge in [-0.15, -0.1) is 0 Å². The maximum absolute atomic E-state index is 5.40. The van der Waals surface area contributed by atoms with Gasteiger partial charge in [-0.05, 0) is 6.92 Å². The normalized spacial score (nSPS) is 28.7. The second-order valence-corrected chi connectivity index (χ2v) is 19.0. The predicted molar refractivity (Wildman–Crippen MR) is 65.4 cm³/mol. The SMILES string of the molecule is CC1O[C@H](CN)[C@@H](CN)O1.[I][Pt][I]. The van der Waals surface area contributed by atoms with Gasteiger partial charge in [0.05, 0.1) is 0 Å². The fraction of sp³-hybridized carbons (Fsp3) is 1.00. The minimum atomic E-state index is -0.151. The Bertz CT molecular complexity index is 121. The van der Waals surface area contributed by atoms with Gasteiger partial charge in [0.2, 0.25) is 0 Å². The fourth-order valence-electron chi connectivity index (χ4n) is 1.11. The van der Waals surface area contributed by atoms with E-state index in [0.717, 1.165) is 0 Å². The zero-order valence-electron chi connectivity index (χ0n) is 7.19. The molecule has 0 bridgehead atoms. The third-order valence-electron chi connectivity index (χ3n) is 1.61. The summed E-state index contributed by atoms with van der Waals surface area (Å²) in [5, 5.41) is 0. The predicted octanol–water partition coefficient (Wildman–Crippen LogP) is 0.803. The Labute approximate surface area is 108 Å². The maximum atomic E-state index is 5.40. The van der Waals surface area contributed by atoms with Gasteiger partial charge in [-0.25, -0.2) is 0 Å². The molecule has 1 aliphatic rings. The number of nitrogens with two attached hydrogens (primary N) is 2. The second kappa shape index (κ2) is 9.23. The molecule has 0 saturated carbocycles. The van der Waals surface area contributed by atoms with E-state index in [9.17, 15) is 0 Å². The van der Waals surface area contributed by atoms with E-state index in [1.54, 1.807) is 0 Å². The average Bonchev–Trinajstić information content (AvgIpc) is 2.47. The Morgan fingerprint density at radius 1 is 1.15 bits per heavy atom. The van der Waals surface area contributed by atoms with Crippen molar-refractivity contribution in [1.29, 1.82) is 0 Å². The van der Waals surface area contributed by atoms with E-state index >= 15 is 0 Å². The third kappa shape index (κ3) is 6.21. The van der Waals surface area contributed by atoms with Gasteiger partial charge in [0, 0.05) is 13.1 Å². The number of hydrogen-bond donors (Lipinski definition) is 2. The van der Waals surface area contributed by atoms with Crippen LogP contribution < -0.4 is 11.5 Å². The van der Waals surface area contributed by atoms with Crippen molar-refractivity contribution >= 4 is 38.7 Å². The molecule has 1 saturated heterocycles. The molecule has 0 aromatic heterocycles. The van der Waals surface area contributed by atoms with Gasteiger partial charge in [0.25, 0.3) is 0 Å². The van der Waals surface area contributed by atoms with Crippen LogP contribution >= 0.6 is 38.7 Å². The molecule has 4 nitrogen and oxygen atoms in total. The van der Waals surface area contributed by atoms with Gasteiger partial charge in [-0.1, -0.05) is 0 Å². The molecule has 0 aromatic rings. The summed E-state index contributed by atoms with van der Waals surface area (Å²) in [6.45, 7) is 2.80. The van der Waals surface area contributed by atoms with Gasteiger partial charge in [-0.2, -0.15) is 0 Å². The van der Waals surface area contributed by atoms with Crippen molar-refractivity contribution in [3.8, 4) is 0 Å². The summed E-state index contributed by atoms with van der Waals surface area (Å²) in [5.74, 6) is 0. The molecule has 7 heteroatoms. The van der Waals surface area contributed by atoms with Crippen LogP contribution in [0.15, 0.2) is 0 Å². The first-order valence-corrected chi connectivity index (χ1v) is 16.6. The monoisotopic (exact) mass is 595 g/mol. The van der Waals surface area contributed by atoms with E-state index in [2.05, 4.69) is 38.7 Å². The molecule has 84 valence electrons. The van der Waals surface area contributed by atoms with Crippen molar-refractivity contribution in [2.45, 2.75) is 25.4 Å². The van der Waals surface area contributed by atoms with Gasteiger partial charge < -0.3 is 20.9 Å². The molecule has 1 fully saturated rings. The Kier molecular flexibility index (Phi) is 10.6. The quantitative estimate of drug-likeness (QED) is 0.465. The van der Waals surface area contributed by atoms with Crippen LogP contribution in [-0.2, 0) is 20.7 Å². The molecule has 2 atom stereocenters. The van der Waals surface area contributed by atoms with Crippen molar-refractivity contribution in [2.75, 3.05) is 13.1 Å². The average molecular weight is 595 g/mol. The fourth-order valence-corrected chi connectivity index (χ4v) is 1.11. The summed E-state index contributed by atoms with van der Waals surface area (Å²) < 4.78 is 10.6. The second-order valence-electron chi connectivity index (χ2n) is 2.43. The van der Waals surface area contributed by atoms with Crippen LogP contribution in [0.2, 0.25) is 0 Å². The molecule has 0 aromatic carbocycles. The number of rotatable bonds is 2. The van der Waals surface area contributed by atoms with Crippen LogP contribution in [0.1, 0.15) is 6.92 Å². The molecule has 13 heavy (non-hydrogen) atoms. The van der Waals surface area contributed by atoms with Crippen LogP contribution in [0, 0.1) is 0 Å². The molecular weight excluding hydrogens is 581 g/mol. The van der Waals surface area contributed by atoms with Crippen LogP contribution in [0.3, 0.4) is 0 Å². The third-order valence-corrected chi connectivity index (χ3v) is 1.61. The van der Waals surface area contributed by atoms with E-state index in [4.69, 9.17) is 20.9 Å². The van der Waals surface area contributed by atoms with E-state index in [1.165, 1.54) is 0 Å². The number of ether oxygens (including phenoxy) is 2. The zero-order chi connectivity index (χ0) is 10.3. The van der Waals surface area contributed by atoms with Crippen LogP contribution in [-0.4, -0.2) is 31.6 Å². The van der Waals surface area contributed by atoms with Gasteiger partial charge in [0.15, 0.2) is 6.29 Å². The Morgan fingerprint density at radius 2 is 1.46 bits per heavy atom. The molecule has 0 radical (unpaired) electrons. The molecule has 0 spiro atoms. The van der Waals surface area contributed by atoms with Gasteiger partial charge in [-0.3, -0.25) is 0 Å². The first-order valence-electron chi connectivity index (χ1n) is 3.73. The van der Waals surface area contributed by atoms with E-state index in [-0.39, 0.29) is 18.5 Å². The van der Waals surface area contributed by atoms with Gasteiger partial charge in [0.1, 0.15) is 12.2 Å². The first kappa shape index (κ1) is 15.0. The number of halogens is 2. The summed E-state index contributed by atoms with van der Waals surface area (Å²) in [6.07, 6.45) is -0.179. The van der Waals surface area contributed by atoms with Crippen molar-refractivity contribution < 1.29 is 20.7 Å². The standard InChI is InChI=1S/C6H14N2O2.2HI.Pt/c1-4-9-5(2-7)6(3-8)10-4;;;/h4-6H,2-3,7-8H2,1H3;2*1H;/q;;;+2/p-2/t5-,6-;;;/m1.../s1. The van der Waals surface area contributed by atoms with Crippen molar-refractivity contribution in [3.63, 3.8) is 0 Å². The number of hydrogen-bond acceptors (Lipinski definition) is 4. The summed E-state index contributed by atoms with van der Waals surface area (Å²) in [7, 11) is 0. The Morgan fingerprint density at radius 3 is 1.69 bits per heavy atom. The minimum absolute atomic E-state index is 0.0139. The van der Waals surface area contributed by atoms with E-state index < -0.39 is 0 Å². The Balaban J connectivity index is 0.000000424. The molecule has 1 aliphatic heterocycles. The van der Waals surface area contributed by atoms with Crippen molar-refractivity contribution in [2.24, 2.45) is 11.5 Å². The van der Waals surface area contributed by atoms with Gasteiger partial charge >= 0.3 is 49.9 Å². The molecule has 1 rings (SSSR count). The molecule has 4 N–H and O–H groups in total. The van der Waals surface area contributed by atoms with Crippen LogP contribution in [0.25, 0.3) is 0 Å². The zero-order valence-corrected chi connectivity index (χ0v) is 13.8. The van der Waals surface area contributed by atoms with Crippen molar-refractivity contribution in [1.82, 2.24) is 0 Å². The van der Waals surface area contributed by atoms with E-state index in [0.29, 0.717) is 24.3 Å². The summed E-state index contributed by atoms with van der Waals surface area (Å²) in [6, 6.07) is 0. The van der Waals surface area contributed by atoms with E-state index in [1.807, 2.05) is 6.92 Å². The summed E-state index contributed by atoms with van der Waals surface area (Å²) in [5.41, 5.74) is 10.8. The van der Waals surface area contributed by atoms with Crippen molar-refractivity contribution in [3.05, 3.63) is 0 Å². The molecule has 1 heterocycles. The first-order chi connectivity index (χ1) is 6.19. The molecule has 0 amide bonds. The Hall–Kier alpha value is 1.99. The molecular formula is C6H14I2N2O2Pt. The topological polar surface area (TPSA) is 70.5 Å². The van der Waals surface area contributed by atoms with Crippen LogP contribution in [0.5, 0.6) is 0 Å².